The minimum Gasteiger partial charge on any atom is -0.404 e. The van der Waals surface area contributed by atoms with E-state index in [1.807, 2.05) is 0 Å². The quantitative estimate of drug-likeness (QED) is 0.230. The summed E-state index contributed by atoms with van der Waals surface area (Å²) in [6.45, 7) is 4.12. The topological polar surface area (TPSA) is 43.6 Å². The molecule has 1 aromatic heterocycles. The Balaban J connectivity index is 0.000000640. The predicted octanol–water partition coefficient (Wildman–Crippen LogP) is -3.34. The number of allylic oxidation sites excluding steroid dienone is 1. The van der Waals surface area contributed by atoms with Gasteiger partial charge in [-0.05, 0) is 0 Å². The maximum atomic E-state index is 3.53. The summed E-state index contributed by atoms with van der Waals surface area (Å²) in [5, 5.41) is 10.2. The van der Waals surface area contributed by atoms with E-state index in [4.69, 9.17) is 0 Å². The van der Waals surface area contributed by atoms with Gasteiger partial charge in [0.25, 0.3) is 0 Å². The van der Waals surface area contributed by atoms with Crippen LogP contribution in [0.1, 0.15) is 0 Å². The summed E-state index contributed by atoms with van der Waals surface area (Å²) in [5.41, 5.74) is 0. The summed E-state index contributed by atoms with van der Waals surface area (Å²) in [4.78, 5) is 0. The van der Waals surface area contributed by atoms with Crippen LogP contribution in [0.5, 0.6) is 0 Å². The molecule has 0 aliphatic rings. The number of hydrogen-bond acceptors (Lipinski definition) is 3. The molecule has 4 nitrogen and oxygen atoms in total. The first-order valence-corrected chi connectivity index (χ1v) is 2.18. The Bertz CT molecular complexity index is 159. The molecular weight excluding hydrogens is 111 g/mol. The Kier molecular flexibility index (Phi) is 4.02. The van der Waals surface area contributed by atoms with Crippen molar-refractivity contribution in [2.45, 2.75) is 6.54 Å². The summed E-state index contributed by atoms with van der Waals surface area (Å²) >= 11 is 0. The van der Waals surface area contributed by atoms with E-state index in [0.29, 0.717) is 6.54 Å². The molecule has 0 radical (unpaired) electrons. The van der Waals surface area contributed by atoms with Crippen LogP contribution >= 0.6 is 0 Å². The average Bonchev–Trinajstić information content (AvgIpc) is 2.19. The van der Waals surface area contributed by atoms with Crippen molar-refractivity contribution in [3.05, 3.63) is 19.0 Å². The van der Waals surface area contributed by atoms with E-state index in [9.17, 15) is 0 Å². The molecule has 0 unspecified atom stereocenters. The van der Waals surface area contributed by atoms with Crippen LogP contribution in [0.2, 0.25) is 0 Å². The SMILES string of the molecule is C=CCn1[c-]nnn1.[Li+]. The Labute approximate surface area is 65.1 Å². The summed E-state index contributed by atoms with van der Waals surface area (Å²) in [7, 11) is 0. The fraction of sp³-hybridized carbons (Fsp3) is 0.250. The Morgan fingerprint density at radius 2 is 2.44 bits per heavy atom. The largest absolute Gasteiger partial charge is 1.00 e. The zero-order valence-corrected chi connectivity index (χ0v) is 5.28. The van der Waals surface area contributed by atoms with Crippen molar-refractivity contribution in [3.8, 4) is 0 Å². The van der Waals surface area contributed by atoms with Crippen LogP contribution in [0.25, 0.3) is 0 Å². The van der Waals surface area contributed by atoms with Crippen LogP contribution in [0.4, 0.5) is 0 Å². The van der Waals surface area contributed by atoms with Crippen molar-refractivity contribution >= 4 is 0 Å². The number of nitrogens with zero attached hydrogens (tertiary/aromatic N) is 4. The third-order valence-corrected chi connectivity index (χ3v) is 0.655. The predicted molar refractivity (Wildman–Crippen MR) is 26.8 cm³/mol. The first-order chi connectivity index (χ1) is 3.93. The van der Waals surface area contributed by atoms with Crippen molar-refractivity contribution in [1.82, 2.24) is 20.2 Å². The molecule has 0 amide bonds. The van der Waals surface area contributed by atoms with Gasteiger partial charge in [0, 0.05) is 6.54 Å². The smallest absolute Gasteiger partial charge is 0.404 e. The average molecular weight is 116 g/mol. The van der Waals surface area contributed by atoms with Gasteiger partial charge in [0.1, 0.15) is 0 Å². The molecule has 0 atom stereocenters. The fourth-order valence-corrected chi connectivity index (χ4v) is 0.360. The molecule has 1 rings (SSSR count). The minimum absolute atomic E-state index is 0. The molecule has 1 aromatic rings. The molecule has 0 aromatic carbocycles. The van der Waals surface area contributed by atoms with Gasteiger partial charge in [-0.1, -0.05) is 16.5 Å². The van der Waals surface area contributed by atoms with Crippen molar-refractivity contribution in [1.29, 1.82) is 0 Å². The molecule has 0 bridgehead atoms. The van der Waals surface area contributed by atoms with Crippen molar-refractivity contribution < 1.29 is 18.9 Å². The fourth-order valence-electron chi connectivity index (χ4n) is 0.360. The van der Waals surface area contributed by atoms with Gasteiger partial charge in [-0.3, -0.25) is 0 Å². The van der Waals surface area contributed by atoms with Crippen LogP contribution in [-0.2, 0) is 6.54 Å². The summed E-state index contributed by atoms with van der Waals surface area (Å²) in [6, 6.07) is 0. The third-order valence-electron chi connectivity index (χ3n) is 0.655. The Hall–Kier alpha value is -0.593. The minimum atomic E-state index is 0. The number of hydrogen-bond donors (Lipinski definition) is 0. The molecule has 0 aliphatic carbocycles. The molecule has 9 heavy (non-hydrogen) atoms. The number of tetrazole rings is 1. The maximum Gasteiger partial charge on any atom is 1.00 e. The van der Waals surface area contributed by atoms with E-state index in [0.717, 1.165) is 0 Å². The first-order valence-electron chi connectivity index (χ1n) is 2.18. The molecule has 0 aliphatic heterocycles. The van der Waals surface area contributed by atoms with Crippen LogP contribution in [0.15, 0.2) is 12.7 Å². The van der Waals surface area contributed by atoms with Gasteiger partial charge in [0.05, 0.1) is 0 Å². The van der Waals surface area contributed by atoms with Gasteiger partial charge in [0.15, 0.2) is 0 Å². The second kappa shape index (κ2) is 4.30. The van der Waals surface area contributed by atoms with E-state index in [1.54, 1.807) is 6.08 Å². The van der Waals surface area contributed by atoms with Crippen molar-refractivity contribution in [2.75, 3.05) is 0 Å². The molecule has 0 spiro atoms. The van der Waals surface area contributed by atoms with E-state index in [2.05, 4.69) is 28.4 Å². The second-order valence-corrected chi connectivity index (χ2v) is 1.25. The zero-order chi connectivity index (χ0) is 5.82. The molecule has 1 heterocycles. The summed E-state index contributed by atoms with van der Waals surface area (Å²) in [6.07, 6.45) is 4.21. The molecule has 0 N–H and O–H groups in total. The van der Waals surface area contributed by atoms with Gasteiger partial charge >= 0.3 is 18.9 Å². The van der Waals surface area contributed by atoms with Gasteiger partial charge in [-0.25, -0.2) is 6.33 Å². The van der Waals surface area contributed by atoms with E-state index < -0.39 is 0 Å². The maximum absolute atomic E-state index is 3.53. The Morgan fingerprint density at radius 1 is 1.67 bits per heavy atom. The molecular formula is C4H5LiN4. The number of rotatable bonds is 2. The molecule has 0 saturated heterocycles. The molecule has 5 heteroatoms. The summed E-state index contributed by atoms with van der Waals surface area (Å²) < 4.78 is 1.47. The molecule has 42 valence electrons. The molecule has 0 saturated carbocycles. The Morgan fingerprint density at radius 3 is 2.89 bits per heavy atom. The van der Waals surface area contributed by atoms with Crippen LogP contribution in [-0.4, -0.2) is 20.2 Å². The second-order valence-electron chi connectivity index (χ2n) is 1.25. The number of aromatic nitrogens is 4. The summed E-state index contributed by atoms with van der Waals surface area (Å²) in [5.74, 6) is 0. The van der Waals surface area contributed by atoms with Crippen molar-refractivity contribution in [2.24, 2.45) is 0 Å². The van der Waals surface area contributed by atoms with Crippen LogP contribution in [0, 0.1) is 6.33 Å². The monoisotopic (exact) mass is 116 g/mol. The van der Waals surface area contributed by atoms with Crippen molar-refractivity contribution in [3.63, 3.8) is 0 Å². The van der Waals surface area contributed by atoms with Gasteiger partial charge in [-0.2, -0.15) is 0 Å². The zero-order valence-electron chi connectivity index (χ0n) is 5.28. The van der Waals surface area contributed by atoms with Crippen LogP contribution < -0.4 is 18.9 Å². The van der Waals surface area contributed by atoms with E-state index in [-0.39, 0.29) is 18.9 Å². The van der Waals surface area contributed by atoms with Crippen LogP contribution in [0.3, 0.4) is 0 Å². The van der Waals surface area contributed by atoms with E-state index in [1.165, 1.54) is 4.68 Å². The van der Waals surface area contributed by atoms with Gasteiger partial charge < -0.3 is 9.78 Å². The third kappa shape index (κ3) is 2.45. The standard InChI is InChI=1S/C4H5N4.Li/c1-2-3-8-4-5-6-7-8;/h2H,1,3H2;/q-1;+1. The first kappa shape index (κ1) is 8.41. The normalized spacial score (nSPS) is 8.00. The van der Waals surface area contributed by atoms with Gasteiger partial charge in [0.2, 0.25) is 0 Å². The van der Waals surface area contributed by atoms with E-state index >= 15 is 0 Å². The molecule has 0 fully saturated rings. The van der Waals surface area contributed by atoms with Gasteiger partial charge in [-0.15, -0.1) is 6.58 Å².